The Morgan fingerprint density at radius 1 is 1.19 bits per heavy atom. The maximum atomic E-state index is 13.2. The molecule has 5 heteroatoms. The van der Waals surface area contributed by atoms with Crippen molar-refractivity contribution in [2.75, 3.05) is 5.32 Å². The highest BCUT2D eigenvalue weighted by Gasteiger charge is 2.06. The Morgan fingerprint density at radius 3 is 2.90 bits per heavy atom. The molecular formula is C16H12BrFN2O. The van der Waals surface area contributed by atoms with Gasteiger partial charge in [-0.3, -0.25) is 4.98 Å². The fourth-order valence-electron chi connectivity index (χ4n) is 2.16. The van der Waals surface area contributed by atoms with Crippen molar-refractivity contribution in [2.24, 2.45) is 0 Å². The molecule has 21 heavy (non-hydrogen) atoms. The quantitative estimate of drug-likeness (QED) is 0.736. The highest BCUT2D eigenvalue weighted by atomic mass is 79.9. The monoisotopic (exact) mass is 346 g/mol. The Morgan fingerprint density at radius 2 is 2.05 bits per heavy atom. The van der Waals surface area contributed by atoms with Crippen LogP contribution in [0.4, 0.5) is 10.1 Å². The van der Waals surface area contributed by atoms with E-state index in [9.17, 15) is 9.50 Å². The molecule has 3 aromatic rings. The van der Waals surface area contributed by atoms with Crippen LogP contribution in [0, 0.1) is 5.82 Å². The summed E-state index contributed by atoms with van der Waals surface area (Å²) in [6.45, 7) is 0.320. The van der Waals surface area contributed by atoms with E-state index in [1.165, 1.54) is 18.2 Å². The summed E-state index contributed by atoms with van der Waals surface area (Å²) in [5.41, 5.74) is 2.17. The molecule has 1 aromatic heterocycles. The Balaban J connectivity index is 1.90. The number of nitrogens with one attached hydrogen (secondary N) is 1. The van der Waals surface area contributed by atoms with Crippen LogP contribution in [0.1, 0.15) is 5.56 Å². The van der Waals surface area contributed by atoms with Crippen LogP contribution in [-0.2, 0) is 6.54 Å². The third-order valence-electron chi connectivity index (χ3n) is 3.19. The van der Waals surface area contributed by atoms with E-state index in [0.717, 1.165) is 21.1 Å². The fraction of sp³-hybridized carbons (Fsp3) is 0.0625. The van der Waals surface area contributed by atoms with Crippen molar-refractivity contribution in [2.45, 2.75) is 6.54 Å². The Hall–Kier alpha value is -2.14. The average Bonchev–Trinajstić information content (AvgIpc) is 2.47. The molecule has 0 amide bonds. The van der Waals surface area contributed by atoms with Gasteiger partial charge in [-0.1, -0.05) is 12.1 Å². The lowest BCUT2D eigenvalue weighted by atomic mass is 10.1. The molecule has 2 aromatic carbocycles. The van der Waals surface area contributed by atoms with Gasteiger partial charge < -0.3 is 10.4 Å². The number of fused-ring (bicyclic) bond motifs is 1. The summed E-state index contributed by atoms with van der Waals surface area (Å²) in [6, 6.07) is 11.7. The molecule has 0 saturated heterocycles. The van der Waals surface area contributed by atoms with Gasteiger partial charge in [0.15, 0.2) is 0 Å². The summed E-state index contributed by atoms with van der Waals surface area (Å²) in [7, 11) is 0. The molecule has 0 atom stereocenters. The second kappa shape index (κ2) is 5.69. The zero-order chi connectivity index (χ0) is 14.8. The molecule has 106 valence electrons. The lowest BCUT2D eigenvalue weighted by molar-refractivity contribution is 0.466. The molecule has 0 saturated carbocycles. The molecule has 0 aliphatic carbocycles. The maximum absolute atomic E-state index is 13.2. The second-order valence-electron chi connectivity index (χ2n) is 4.66. The first-order valence-corrected chi connectivity index (χ1v) is 7.18. The number of hydrogen-bond donors (Lipinski definition) is 2. The smallest absolute Gasteiger partial charge is 0.123 e. The number of rotatable bonds is 3. The van der Waals surface area contributed by atoms with Crippen molar-refractivity contribution < 1.29 is 9.50 Å². The number of hydrogen-bond acceptors (Lipinski definition) is 3. The Labute approximate surface area is 129 Å². The van der Waals surface area contributed by atoms with E-state index in [2.05, 4.69) is 26.2 Å². The van der Waals surface area contributed by atoms with E-state index in [1.807, 2.05) is 24.3 Å². The van der Waals surface area contributed by atoms with Crippen molar-refractivity contribution in [3.63, 3.8) is 0 Å². The molecule has 2 N–H and O–H groups in total. The van der Waals surface area contributed by atoms with Gasteiger partial charge >= 0.3 is 0 Å². The topological polar surface area (TPSA) is 45.1 Å². The van der Waals surface area contributed by atoms with Crippen molar-refractivity contribution >= 4 is 32.5 Å². The van der Waals surface area contributed by atoms with E-state index in [1.54, 1.807) is 6.20 Å². The van der Waals surface area contributed by atoms with Crippen molar-refractivity contribution in [1.29, 1.82) is 0 Å². The molecule has 0 unspecified atom stereocenters. The van der Waals surface area contributed by atoms with E-state index in [0.29, 0.717) is 12.1 Å². The van der Waals surface area contributed by atoms with Crippen LogP contribution in [0.2, 0.25) is 0 Å². The lowest BCUT2D eigenvalue weighted by Gasteiger charge is -2.10. The molecule has 3 rings (SSSR count). The predicted octanol–water partition coefficient (Wildman–Crippen LogP) is 4.45. The first kappa shape index (κ1) is 13.8. The minimum Gasteiger partial charge on any atom is -0.508 e. The van der Waals surface area contributed by atoms with Gasteiger partial charge in [-0.05, 0) is 46.3 Å². The van der Waals surface area contributed by atoms with E-state index < -0.39 is 0 Å². The summed E-state index contributed by atoms with van der Waals surface area (Å²) in [6.07, 6.45) is 1.73. The van der Waals surface area contributed by atoms with Gasteiger partial charge in [0, 0.05) is 28.2 Å². The molecule has 1 heterocycles. The van der Waals surface area contributed by atoms with Crippen LogP contribution in [0.25, 0.3) is 10.9 Å². The highest BCUT2D eigenvalue weighted by Crippen LogP contribution is 2.25. The third-order valence-corrected chi connectivity index (χ3v) is 3.62. The Kier molecular flexibility index (Phi) is 3.75. The van der Waals surface area contributed by atoms with Crippen molar-refractivity contribution in [1.82, 2.24) is 4.98 Å². The van der Waals surface area contributed by atoms with E-state index >= 15 is 0 Å². The zero-order valence-corrected chi connectivity index (χ0v) is 12.6. The van der Waals surface area contributed by atoms with Crippen LogP contribution in [0.3, 0.4) is 0 Å². The second-order valence-corrected chi connectivity index (χ2v) is 5.57. The van der Waals surface area contributed by atoms with Crippen LogP contribution in [-0.4, -0.2) is 10.1 Å². The molecule has 0 aliphatic heterocycles. The standard InChI is InChI=1S/C16H12BrFN2O/c17-12-6-10-2-1-3-14(16(10)20-9-12)19-8-11-7-13(18)4-5-15(11)21/h1-7,9,19,21H,8H2. The highest BCUT2D eigenvalue weighted by molar-refractivity contribution is 9.10. The largest absolute Gasteiger partial charge is 0.508 e. The minimum atomic E-state index is -0.371. The fourth-order valence-corrected chi connectivity index (χ4v) is 2.51. The van der Waals surface area contributed by atoms with Gasteiger partial charge in [0.1, 0.15) is 11.6 Å². The van der Waals surface area contributed by atoms with Crippen molar-refractivity contribution in [3.05, 3.63) is 64.5 Å². The number of aromatic hydroxyl groups is 1. The van der Waals surface area contributed by atoms with E-state index in [-0.39, 0.29) is 11.6 Å². The first-order chi connectivity index (χ1) is 10.1. The number of benzene rings is 2. The van der Waals surface area contributed by atoms with Crippen LogP contribution >= 0.6 is 15.9 Å². The summed E-state index contributed by atoms with van der Waals surface area (Å²) in [5.74, 6) is -0.301. The number of nitrogens with zero attached hydrogens (tertiary/aromatic N) is 1. The van der Waals surface area contributed by atoms with Gasteiger partial charge in [-0.25, -0.2) is 4.39 Å². The number of halogens is 2. The van der Waals surface area contributed by atoms with Crippen LogP contribution in [0.15, 0.2) is 53.1 Å². The normalized spacial score (nSPS) is 10.8. The van der Waals surface area contributed by atoms with E-state index in [4.69, 9.17) is 0 Å². The van der Waals surface area contributed by atoms with Gasteiger partial charge in [0.05, 0.1) is 11.2 Å². The van der Waals surface area contributed by atoms with Crippen molar-refractivity contribution in [3.8, 4) is 5.75 Å². The number of anilines is 1. The first-order valence-electron chi connectivity index (χ1n) is 6.39. The Bertz CT molecular complexity index is 807. The molecule has 0 fully saturated rings. The van der Waals surface area contributed by atoms with Gasteiger partial charge in [-0.2, -0.15) is 0 Å². The van der Waals surface area contributed by atoms with Crippen LogP contribution < -0.4 is 5.32 Å². The maximum Gasteiger partial charge on any atom is 0.123 e. The number of phenols is 1. The summed E-state index contributed by atoms with van der Waals surface area (Å²) >= 11 is 3.39. The lowest BCUT2D eigenvalue weighted by Crippen LogP contribution is -2.01. The third kappa shape index (κ3) is 2.97. The average molecular weight is 347 g/mol. The predicted molar refractivity (Wildman–Crippen MR) is 84.8 cm³/mol. The molecule has 3 nitrogen and oxygen atoms in total. The van der Waals surface area contributed by atoms with Gasteiger partial charge in [0.2, 0.25) is 0 Å². The minimum absolute atomic E-state index is 0.0693. The molecule has 0 radical (unpaired) electrons. The number of pyridine rings is 1. The van der Waals surface area contributed by atoms with Gasteiger partial charge in [0.25, 0.3) is 0 Å². The van der Waals surface area contributed by atoms with Crippen LogP contribution in [0.5, 0.6) is 5.75 Å². The number of phenolic OH excluding ortho intramolecular Hbond substituents is 1. The molecule has 0 spiro atoms. The zero-order valence-electron chi connectivity index (χ0n) is 11.0. The number of para-hydroxylation sites is 1. The molecular weight excluding hydrogens is 335 g/mol. The SMILES string of the molecule is Oc1ccc(F)cc1CNc1cccc2cc(Br)cnc12. The number of aromatic nitrogens is 1. The molecule has 0 aliphatic rings. The molecule has 0 bridgehead atoms. The summed E-state index contributed by atoms with van der Waals surface area (Å²) in [4.78, 5) is 4.39. The van der Waals surface area contributed by atoms with Gasteiger partial charge in [-0.15, -0.1) is 0 Å². The summed E-state index contributed by atoms with van der Waals surface area (Å²) < 4.78 is 14.1. The summed E-state index contributed by atoms with van der Waals surface area (Å²) in [5, 5.41) is 13.9.